The van der Waals surface area contributed by atoms with Gasteiger partial charge in [-0.25, -0.2) is 0 Å². The van der Waals surface area contributed by atoms with E-state index < -0.39 is 26.4 Å². The highest BCUT2D eigenvalue weighted by molar-refractivity contribution is 6.82. The molecule has 3 rings (SSSR count). The van der Waals surface area contributed by atoms with E-state index in [1.807, 2.05) is 0 Å². The first-order valence-electron chi connectivity index (χ1n) is 7.83. The van der Waals surface area contributed by atoms with Gasteiger partial charge in [-0.3, -0.25) is 0 Å². The van der Waals surface area contributed by atoms with Crippen LogP contribution in [0.15, 0.2) is 0 Å². The van der Waals surface area contributed by atoms with Gasteiger partial charge in [0.2, 0.25) is 0 Å². The van der Waals surface area contributed by atoms with Gasteiger partial charge in [-0.2, -0.15) is 0 Å². The van der Waals surface area contributed by atoms with Crippen LogP contribution in [-0.4, -0.2) is 48.1 Å². The molecule has 2 atom stereocenters. The van der Waals surface area contributed by atoms with Crippen molar-refractivity contribution in [1.29, 1.82) is 0 Å². The van der Waals surface area contributed by atoms with Gasteiger partial charge in [0.15, 0.2) is 0 Å². The van der Waals surface area contributed by atoms with Crippen molar-refractivity contribution in [2.24, 2.45) is 0 Å². The Hall–Kier alpha value is 0.668. The van der Waals surface area contributed by atoms with Crippen molar-refractivity contribution in [3.8, 4) is 0 Å². The highest BCUT2D eigenvalue weighted by Gasteiger charge is 2.57. The molecular formula is C12H25O5Si4. The Bertz CT molecular complexity index is 376. The second kappa shape index (κ2) is 5.95. The van der Waals surface area contributed by atoms with E-state index in [9.17, 15) is 0 Å². The maximum absolute atomic E-state index is 6.27. The fourth-order valence-electron chi connectivity index (χ4n) is 3.14. The zero-order chi connectivity index (χ0) is 15.1. The molecule has 3 fully saturated rings. The summed E-state index contributed by atoms with van der Waals surface area (Å²) in [5, 5.41) is 0. The molecule has 5 nitrogen and oxygen atoms in total. The normalized spacial score (nSPS) is 39.1. The molecule has 0 amide bonds. The molecule has 0 N–H and O–H groups in total. The zero-order valence-electron chi connectivity index (χ0n) is 13.4. The van der Waals surface area contributed by atoms with Crippen molar-refractivity contribution in [3.05, 3.63) is 0 Å². The van der Waals surface area contributed by atoms with Crippen LogP contribution in [0.3, 0.4) is 0 Å². The van der Waals surface area contributed by atoms with E-state index in [0.29, 0.717) is 6.10 Å². The van der Waals surface area contributed by atoms with Gasteiger partial charge in [-0.05, 0) is 51.5 Å². The van der Waals surface area contributed by atoms with E-state index >= 15 is 0 Å². The number of ether oxygens (including phenoxy) is 1. The quantitative estimate of drug-likeness (QED) is 0.571. The highest BCUT2D eigenvalue weighted by atomic mass is 28.5. The first kappa shape index (κ1) is 16.5. The van der Waals surface area contributed by atoms with E-state index in [1.54, 1.807) is 0 Å². The van der Waals surface area contributed by atoms with Crippen LogP contribution in [0.25, 0.3) is 0 Å². The van der Waals surface area contributed by atoms with Crippen molar-refractivity contribution in [1.82, 2.24) is 0 Å². The Labute approximate surface area is 134 Å². The molecule has 0 aromatic rings. The van der Waals surface area contributed by atoms with Crippen molar-refractivity contribution < 1.29 is 21.2 Å². The number of fused-ring (bicyclic) bond motifs is 1. The third kappa shape index (κ3) is 4.15. The average molecular weight is 362 g/mol. The van der Waals surface area contributed by atoms with Crippen LogP contribution in [0.5, 0.6) is 0 Å². The second-order valence-corrected chi connectivity index (χ2v) is 17.4. The van der Waals surface area contributed by atoms with Gasteiger partial charge in [0.05, 0.1) is 11.7 Å². The highest BCUT2D eigenvalue weighted by Crippen LogP contribution is 2.51. The number of rotatable bonds is 3. The molecule has 1 aliphatic carbocycles. The topological polar surface area (TPSA) is 49.5 Å². The van der Waals surface area contributed by atoms with Gasteiger partial charge in [0, 0.05) is 0 Å². The van der Waals surface area contributed by atoms with Crippen LogP contribution < -0.4 is 0 Å². The van der Waals surface area contributed by atoms with Crippen molar-refractivity contribution >= 4 is 36.4 Å². The van der Waals surface area contributed by atoms with Crippen LogP contribution in [0, 0.1) is 0 Å². The number of hydrogen-bond acceptors (Lipinski definition) is 5. The first-order valence-corrected chi connectivity index (χ1v) is 15.8. The molecule has 3 radical (unpaired) electrons. The molecule has 3 aliphatic rings. The van der Waals surface area contributed by atoms with Crippen molar-refractivity contribution in [2.45, 2.75) is 76.0 Å². The van der Waals surface area contributed by atoms with Gasteiger partial charge in [0.25, 0.3) is 0 Å². The molecule has 0 bridgehead atoms. The Balaban J connectivity index is 1.58. The predicted molar refractivity (Wildman–Crippen MR) is 86.3 cm³/mol. The smallest absolute Gasteiger partial charge is 0.413 e. The van der Waals surface area contributed by atoms with E-state index in [1.165, 1.54) is 25.7 Å². The maximum atomic E-state index is 6.27. The lowest BCUT2D eigenvalue weighted by molar-refractivity contribution is 0.254. The summed E-state index contributed by atoms with van der Waals surface area (Å²) >= 11 is 0. The van der Waals surface area contributed by atoms with Gasteiger partial charge in [0.1, 0.15) is 0 Å². The minimum absolute atomic E-state index is 0.0564. The van der Waals surface area contributed by atoms with Gasteiger partial charge in [-0.15, -0.1) is 0 Å². The van der Waals surface area contributed by atoms with E-state index in [0.717, 1.165) is 12.5 Å². The SMILES string of the molecule is C[Si]1(C)O[Si]O[Si](C)(C)O[Si](CCC23CCCCC2O3)O1. The Kier molecular flexibility index (Phi) is 4.68. The van der Waals surface area contributed by atoms with Gasteiger partial charge in [-0.1, -0.05) is 12.8 Å². The Morgan fingerprint density at radius 3 is 2.38 bits per heavy atom. The summed E-state index contributed by atoms with van der Waals surface area (Å²) < 4.78 is 30.2. The third-order valence-corrected chi connectivity index (χ3v) is 15.3. The van der Waals surface area contributed by atoms with Crippen LogP contribution >= 0.6 is 0 Å². The second-order valence-electron chi connectivity index (χ2n) is 7.08. The summed E-state index contributed by atoms with van der Waals surface area (Å²) in [5.41, 5.74) is 0.159. The van der Waals surface area contributed by atoms with Crippen LogP contribution in [-0.2, 0) is 21.2 Å². The maximum Gasteiger partial charge on any atom is 0.413 e. The van der Waals surface area contributed by atoms with Crippen molar-refractivity contribution in [3.63, 3.8) is 0 Å². The lowest BCUT2D eigenvalue weighted by atomic mass is 9.87. The molecule has 2 saturated heterocycles. The van der Waals surface area contributed by atoms with Crippen LogP contribution in [0.2, 0.25) is 32.2 Å². The van der Waals surface area contributed by atoms with E-state index in [2.05, 4.69) is 26.2 Å². The molecule has 9 heteroatoms. The molecule has 119 valence electrons. The average Bonchev–Trinajstić information content (AvgIpc) is 3.08. The Morgan fingerprint density at radius 2 is 1.76 bits per heavy atom. The molecule has 1 saturated carbocycles. The lowest BCUT2D eigenvalue weighted by Gasteiger charge is -2.36. The molecule has 2 unspecified atom stereocenters. The summed E-state index contributed by atoms with van der Waals surface area (Å²) in [6.07, 6.45) is 6.64. The summed E-state index contributed by atoms with van der Waals surface area (Å²) in [4.78, 5) is 0. The standard InChI is InChI=1S/C12H25O5Si4/c1-20(2)14-18-15-21(3,4)17-19(16-20)10-9-12-8-6-5-7-11(12)13-12/h11H,5-10H2,1-4H3. The minimum atomic E-state index is -2.11. The molecule has 2 heterocycles. The summed E-state index contributed by atoms with van der Waals surface area (Å²) in [6.45, 7) is 8.30. The van der Waals surface area contributed by atoms with E-state index in [4.69, 9.17) is 21.2 Å². The molecule has 21 heavy (non-hydrogen) atoms. The number of hydrogen-bond donors (Lipinski definition) is 0. The van der Waals surface area contributed by atoms with E-state index in [-0.39, 0.29) is 15.6 Å². The first-order chi connectivity index (χ1) is 9.80. The largest absolute Gasteiger partial charge is 0.415 e. The molecule has 0 aromatic heterocycles. The lowest BCUT2D eigenvalue weighted by Crippen LogP contribution is -2.53. The summed E-state index contributed by atoms with van der Waals surface area (Å²) in [5.74, 6) is 0. The van der Waals surface area contributed by atoms with Gasteiger partial charge < -0.3 is 21.2 Å². The third-order valence-electron chi connectivity index (χ3n) is 4.27. The van der Waals surface area contributed by atoms with Crippen LogP contribution in [0.1, 0.15) is 32.1 Å². The molecular weight excluding hydrogens is 336 g/mol. The fraction of sp³-hybridized carbons (Fsp3) is 1.00. The monoisotopic (exact) mass is 361 g/mol. The molecule has 0 spiro atoms. The minimum Gasteiger partial charge on any atom is -0.415 e. The molecule has 2 aliphatic heterocycles. The van der Waals surface area contributed by atoms with Crippen LogP contribution in [0.4, 0.5) is 0 Å². The van der Waals surface area contributed by atoms with Crippen molar-refractivity contribution in [2.75, 3.05) is 0 Å². The zero-order valence-corrected chi connectivity index (χ0v) is 17.4. The summed E-state index contributed by atoms with van der Waals surface area (Å²) in [7, 11) is -5.49. The number of epoxide rings is 1. The fourth-order valence-corrected chi connectivity index (χ4v) is 12.7. The molecule has 0 aromatic carbocycles. The predicted octanol–water partition coefficient (Wildman–Crippen LogP) is 2.59. The summed E-state index contributed by atoms with van der Waals surface area (Å²) in [6, 6.07) is 0.976. The Morgan fingerprint density at radius 1 is 1.10 bits per heavy atom. The van der Waals surface area contributed by atoms with Gasteiger partial charge >= 0.3 is 36.4 Å².